The normalized spacial score (nSPS) is 21.1. The van der Waals surface area contributed by atoms with E-state index in [0.717, 1.165) is 52.4 Å². The smallest absolute Gasteiger partial charge is 0.220 e. The summed E-state index contributed by atoms with van der Waals surface area (Å²) in [5, 5.41) is 3.24. The Balaban J connectivity index is 1.43. The maximum atomic E-state index is 12.3. The SMILES string of the molecule is O=C(CCCn1ccnc1)NCC1(CN2CCOCC2)CCCCC1. The second-order valence-electron chi connectivity index (χ2n) is 7.63. The van der Waals surface area contributed by atoms with Crippen LogP contribution in [-0.4, -0.2) is 59.8 Å². The third-order valence-electron chi connectivity index (χ3n) is 5.62. The Hall–Kier alpha value is -1.40. The molecular formula is C19H32N4O2. The van der Waals surface area contributed by atoms with Crippen LogP contribution in [-0.2, 0) is 16.1 Å². The van der Waals surface area contributed by atoms with Gasteiger partial charge in [0.15, 0.2) is 0 Å². The molecule has 0 bridgehead atoms. The quantitative estimate of drug-likeness (QED) is 0.781. The highest BCUT2D eigenvalue weighted by Gasteiger charge is 2.34. The number of carbonyl (C=O) groups excluding carboxylic acids is 1. The Labute approximate surface area is 150 Å². The fourth-order valence-corrected chi connectivity index (χ4v) is 4.14. The Morgan fingerprint density at radius 1 is 1.20 bits per heavy atom. The van der Waals surface area contributed by atoms with Crippen molar-refractivity contribution in [1.29, 1.82) is 0 Å². The molecule has 3 rings (SSSR count). The molecule has 1 aromatic rings. The zero-order valence-electron chi connectivity index (χ0n) is 15.3. The van der Waals surface area contributed by atoms with Crippen molar-refractivity contribution in [1.82, 2.24) is 19.8 Å². The van der Waals surface area contributed by atoms with Gasteiger partial charge in [-0.05, 0) is 19.3 Å². The van der Waals surface area contributed by atoms with E-state index < -0.39 is 0 Å². The van der Waals surface area contributed by atoms with Crippen LogP contribution in [0, 0.1) is 5.41 Å². The van der Waals surface area contributed by atoms with E-state index in [2.05, 4.69) is 15.2 Å². The van der Waals surface area contributed by atoms with Crippen molar-refractivity contribution in [2.45, 2.75) is 51.5 Å². The monoisotopic (exact) mass is 348 g/mol. The maximum Gasteiger partial charge on any atom is 0.220 e. The minimum atomic E-state index is 0.187. The molecule has 6 heteroatoms. The van der Waals surface area contributed by atoms with Crippen LogP contribution in [0.15, 0.2) is 18.7 Å². The van der Waals surface area contributed by atoms with Crippen molar-refractivity contribution in [2.24, 2.45) is 5.41 Å². The van der Waals surface area contributed by atoms with E-state index in [1.54, 1.807) is 12.5 Å². The first kappa shape index (κ1) is 18.4. The highest BCUT2D eigenvalue weighted by atomic mass is 16.5. The summed E-state index contributed by atoms with van der Waals surface area (Å²) < 4.78 is 7.50. The van der Waals surface area contributed by atoms with Gasteiger partial charge in [-0.3, -0.25) is 9.69 Å². The van der Waals surface area contributed by atoms with Crippen LogP contribution in [0.4, 0.5) is 0 Å². The first-order valence-electron chi connectivity index (χ1n) is 9.78. The highest BCUT2D eigenvalue weighted by Crippen LogP contribution is 2.36. The molecule has 2 heterocycles. The molecule has 25 heavy (non-hydrogen) atoms. The van der Waals surface area contributed by atoms with Gasteiger partial charge in [0.25, 0.3) is 0 Å². The molecule has 1 aliphatic carbocycles. The summed E-state index contributed by atoms with van der Waals surface area (Å²) in [6, 6.07) is 0. The summed E-state index contributed by atoms with van der Waals surface area (Å²) in [6.45, 7) is 6.53. The summed E-state index contributed by atoms with van der Waals surface area (Å²) in [6.07, 6.45) is 13.4. The van der Waals surface area contributed by atoms with Crippen molar-refractivity contribution >= 4 is 5.91 Å². The molecule has 1 amide bonds. The Kier molecular flexibility index (Phi) is 6.87. The third kappa shape index (κ3) is 5.82. The summed E-state index contributed by atoms with van der Waals surface area (Å²) in [7, 11) is 0. The van der Waals surface area contributed by atoms with Gasteiger partial charge in [0.1, 0.15) is 0 Å². The largest absolute Gasteiger partial charge is 0.379 e. The molecular weight excluding hydrogens is 316 g/mol. The molecule has 1 aliphatic heterocycles. The predicted octanol–water partition coefficient (Wildman–Crippen LogP) is 2.06. The Morgan fingerprint density at radius 3 is 2.72 bits per heavy atom. The summed E-state index contributed by atoms with van der Waals surface area (Å²) in [4.78, 5) is 18.8. The lowest BCUT2D eigenvalue weighted by molar-refractivity contribution is -0.122. The maximum absolute atomic E-state index is 12.3. The van der Waals surface area contributed by atoms with Crippen LogP contribution in [0.5, 0.6) is 0 Å². The van der Waals surface area contributed by atoms with Crippen molar-refractivity contribution in [2.75, 3.05) is 39.4 Å². The zero-order valence-corrected chi connectivity index (χ0v) is 15.3. The lowest BCUT2D eigenvalue weighted by atomic mass is 9.73. The van der Waals surface area contributed by atoms with Gasteiger partial charge in [0.2, 0.25) is 5.91 Å². The van der Waals surface area contributed by atoms with Crippen LogP contribution in [0.2, 0.25) is 0 Å². The number of rotatable bonds is 8. The molecule has 6 nitrogen and oxygen atoms in total. The fourth-order valence-electron chi connectivity index (χ4n) is 4.14. The minimum absolute atomic E-state index is 0.187. The van der Waals surface area contributed by atoms with Crippen LogP contribution in [0.25, 0.3) is 0 Å². The number of imidazole rings is 1. The number of nitrogens with zero attached hydrogens (tertiary/aromatic N) is 3. The lowest BCUT2D eigenvalue weighted by Crippen LogP contribution is -2.49. The number of ether oxygens (including phenoxy) is 1. The van der Waals surface area contributed by atoms with E-state index in [0.29, 0.717) is 6.42 Å². The van der Waals surface area contributed by atoms with Crippen molar-refractivity contribution in [3.8, 4) is 0 Å². The number of aromatic nitrogens is 2. The van der Waals surface area contributed by atoms with Crippen molar-refractivity contribution in [3.63, 3.8) is 0 Å². The Bertz CT molecular complexity index is 506. The third-order valence-corrected chi connectivity index (χ3v) is 5.62. The molecule has 0 unspecified atom stereocenters. The van der Waals surface area contributed by atoms with Crippen LogP contribution < -0.4 is 5.32 Å². The zero-order chi connectivity index (χ0) is 17.4. The second-order valence-corrected chi connectivity index (χ2v) is 7.63. The van der Waals surface area contributed by atoms with Gasteiger partial charge >= 0.3 is 0 Å². The molecule has 1 saturated heterocycles. The average molecular weight is 348 g/mol. The van der Waals surface area contributed by atoms with Crippen LogP contribution in [0.3, 0.4) is 0 Å². The van der Waals surface area contributed by atoms with E-state index in [1.807, 2.05) is 10.8 Å². The number of hydrogen-bond acceptors (Lipinski definition) is 4. The number of hydrogen-bond donors (Lipinski definition) is 1. The standard InChI is InChI=1S/C19H32N4O2/c24-18(5-4-9-23-10-8-20-17-23)21-15-19(6-2-1-3-7-19)16-22-11-13-25-14-12-22/h8,10,17H,1-7,9,11-16H2,(H,21,24). The molecule has 0 atom stereocenters. The molecule has 2 fully saturated rings. The number of morpholine rings is 1. The van der Waals surface area contributed by atoms with E-state index in [9.17, 15) is 4.79 Å². The average Bonchev–Trinajstić information content (AvgIpc) is 3.15. The van der Waals surface area contributed by atoms with Gasteiger partial charge in [-0.25, -0.2) is 4.98 Å². The lowest BCUT2D eigenvalue weighted by Gasteiger charge is -2.42. The number of amides is 1. The number of aryl methyl sites for hydroxylation is 1. The van der Waals surface area contributed by atoms with E-state index >= 15 is 0 Å². The van der Waals surface area contributed by atoms with Crippen LogP contribution >= 0.6 is 0 Å². The first-order chi connectivity index (χ1) is 12.3. The molecule has 1 aromatic heterocycles. The van der Waals surface area contributed by atoms with Crippen molar-refractivity contribution < 1.29 is 9.53 Å². The van der Waals surface area contributed by atoms with Gasteiger partial charge < -0.3 is 14.6 Å². The molecule has 0 radical (unpaired) electrons. The molecule has 140 valence electrons. The minimum Gasteiger partial charge on any atom is -0.379 e. The topological polar surface area (TPSA) is 59.4 Å². The fraction of sp³-hybridized carbons (Fsp3) is 0.789. The van der Waals surface area contributed by atoms with Crippen molar-refractivity contribution in [3.05, 3.63) is 18.7 Å². The summed E-state index contributed by atoms with van der Waals surface area (Å²) in [5.41, 5.74) is 0.260. The van der Waals surface area contributed by atoms with Crippen LogP contribution in [0.1, 0.15) is 44.9 Å². The summed E-state index contributed by atoms with van der Waals surface area (Å²) in [5.74, 6) is 0.187. The molecule has 1 saturated carbocycles. The molecule has 0 spiro atoms. The van der Waals surface area contributed by atoms with E-state index in [1.165, 1.54) is 32.1 Å². The van der Waals surface area contributed by atoms with Gasteiger partial charge in [0.05, 0.1) is 19.5 Å². The number of carbonyl (C=O) groups is 1. The molecule has 0 aromatic carbocycles. The van der Waals surface area contributed by atoms with E-state index in [4.69, 9.17) is 4.74 Å². The molecule has 1 N–H and O–H groups in total. The predicted molar refractivity (Wildman–Crippen MR) is 97.2 cm³/mol. The van der Waals surface area contributed by atoms with E-state index in [-0.39, 0.29) is 11.3 Å². The summed E-state index contributed by atoms with van der Waals surface area (Å²) >= 11 is 0. The second kappa shape index (κ2) is 9.34. The highest BCUT2D eigenvalue weighted by molar-refractivity contribution is 5.75. The van der Waals surface area contributed by atoms with Gasteiger partial charge in [-0.2, -0.15) is 0 Å². The first-order valence-corrected chi connectivity index (χ1v) is 9.78. The molecule has 2 aliphatic rings. The number of nitrogens with one attached hydrogen (secondary N) is 1. The Morgan fingerprint density at radius 2 is 2.00 bits per heavy atom. The van der Waals surface area contributed by atoms with Gasteiger partial charge in [-0.1, -0.05) is 19.3 Å². The van der Waals surface area contributed by atoms with Gasteiger partial charge in [-0.15, -0.1) is 0 Å². The van der Waals surface area contributed by atoms with Gasteiger partial charge in [0, 0.05) is 57.0 Å².